The molecule has 8 heteroatoms. The number of hydrogen-bond acceptors (Lipinski definition) is 5. The number of nitrogens with one attached hydrogen (secondary N) is 2. The number of benzene rings is 2. The Balaban J connectivity index is 1.59. The quantitative estimate of drug-likeness (QED) is 0.501. The molecule has 1 heterocycles. The van der Waals surface area contributed by atoms with Crippen LogP contribution in [-0.2, 0) is 9.59 Å². The average Bonchev–Trinajstić information content (AvgIpc) is 3.04. The van der Waals surface area contributed by atoms with Gasteiger partial charge in [-0.2, -0.15) is 0 Å². The smallest absolute Gasteiger partial charge is 0.234 e. The Labute approximate surface area is 170 Å². The zero-order valence-electron chi connectivity index (χ0n) is 14.6. The number of halogens is 1. The van der Waals surface area contributed by atoms with Crippen LogP contribution in [0.15, 0.2) is 46.8 Å². The van der Waals surface area contributed by atoms with Gasteiger partial charge in [0.2, 0.25) is 11.8 Å². The number of thioether (sulfide) groups is 1. The minimum atomic E-state index is -0.103. The Morgan fingerprint density at radius 1 is 1.07 bits per heavy atom. The van der Waals surface area contributed by atoms with E-state index < -0.39 is 0 Å². The van der Waals surface area contributed by atoms with Gasteiger partial charge in [-0.15, -0.1) is 11.3 Å². The SMILES string of the molecule is CCCC(=O)Nc1ccc2nc(SCC(=O)Nc3ccc(Cl)cc3)sc2c1. The van der Waals surface area contributed by atoms with Crippen molar-refractivity contribution in [2.45, 2.75) is 24.1 Å². The molecule has 3 aromatic rings. The van der Waals surface area contributed by atoms with Crippen LogP contribution in [0.1, 0.15) is 19.8 Å². The summed E-state index contributed by atoms with van der Waals surface area (Å²) in [4.78, 5) is 28.3. The molecule has 2 aromatic carbocycles. The number of aromatic nitrogens is 1. The average molecular weight is 420 g/mol. The summed E-state index contributed by atoms with van der Waals surface area (Å²) in [6.07, 6.45) is 1.32. The molecule has 0 aliphatic rings. The third kappa shape index (κ3) is 5.69. The molecule has 1 aromatic heterocycles. The van der Waals surface area contributed by atoms with Crippen molar-refractivity contribution in [2.24, 2.45) is 0 Å². The lowest BCUT2D eigenvalue weighted by atomic mass is 10.2. The third-order valence-corrected chi connectivity index (χ3v) is 6.00. The summed E-state index contributed by atoms with van der Waals surface area (Å²) in [6, 6.07) is 12.6. The van der Waals surface area contributed by atoms with Gasteiger partial charge in [0.1, 0.15) is 0 Å². The van der Waals surface area contributed by atoms with Crippen LogP contribution in [0.25, 0.3) is 10.2 Å². The summed E-state index contributed by atoms with van der Waals surface area (Å²) in [6.45, 7) is 1.97. The highest BCUT2D eigenvalue weighted by atomic mass is 35.5. The molecule has 2 amide bonds. The van der Waals surface area contributed by atoms with Crippen LogP contribution in [0.4, 0.5) is 11.4 Å². The summed E-state index contributed by atoms with van der Waals surface area (Å²) >= 11 is 8.73. The van der Waals surface area contributed by atoms with Crippen LogP contribution in [0.3, 0.4) is 0 Å². The molecule has 0 spiro atoms. The molecule has 0 saturated carbocycles. The third-order valence-electron chi connectivity index (χ3n) is 3.58. The van der Waals surface area contributed by atoms with Gasteiger partial charge in [-0.05, 0) is 48.9 Å². The Morgan fingerprint density at radius 3 is 2.52 bits per heavy atom. The first kappa shape index (κ1) is 19.7. The topological polar surface area (TPSA) is 71.1 Å². The summed E-state index contributed by atoms with van der Waals surface area (Å²) in [5.41, 5.74) is 2.33. The maximum Gasteiger partial charge on any atom is 0.234 e. The van der Waals surface area contributed by atoms with E-state index in [0.717, 1.165) is 26.7 Å². The van der Waals surface area contributed by atoms with Crippen molar-refractivity contribution in [1.29, 1.82) is 0 Å². The summed E-state index contributed by atoms with van der Waals surface area (Å²) in [5.74, 6) is 0.173. The maximum atomic E-state index is 12.1. The molecule has 2 N–H and O–H groups in total. The van der Waals surface area contributed by atoms with Gasteiger partial charge in [0, 0.05) is 22.8 Å². The summed E-state index contributed by atoms with van der Waals surface area (Å²) in [7, 11) is 0. The first-order valence-corrected chi connectivity index (χ1v) is 10.6. The predicted molar refractivity (Wildman–Crippen MR) is 114 cm³/mol. The summed E-state index contributed by atoms with van der Waals surface area (Å²) in [5, 5.41) is 6.34. The van der Waals surface area contributed by atoms with Crippen LogP contribution >= 0.6 is 34.7 Å². The van der Waals surface area contributed by atoms with E-state index >= 15 is 0 Å². The Hall–Kier alpha value is -2.09. The van der Waals surface area contributed by atoms with Crippen LogP contribution in [0.2, 0.25) is 5.02 Å². The minimum absolute atomic E-state index is 0.00911. The molecule has 0 radical (unpaired) electrons. The van der Waals surface area contributed by atoms with E-state index in [-0.39, 0.29) is 17.6 Å². The van der Waals surface area contributed by atoms with E-state index in [2.05, 4.69) is 15.6 Å². The van der Waals surface area contributed by atoms with Crippen molar-refractivity contribution in [2.75, 3.05) is 16.4 Å². The van der Waals surface area contributed by atoms with E-state index in [9.17, 15) is 9.59 Å². The molecule has 5 nitrogen and oxygen atoms in total. The number of thiazole rings is 1. The Bertz CT molecular complexity index is 957. The lowest BCUT2D eigenvalue weighted by molar-refractivity contribution is -0.116. The van der Waals surface area contributed by atoms with Crippen LogP contribution in [-0.4, -0.2) is 22.6 Å². The molecular weight excluding hydrogens is 402 g/mol. The molecule has 0 bridgehead atoms. The lowest BCUT2D eigenvalue weighted by Gasteiger charge is -2.03. The van der Waals surface area contributed by atoms with Gasteiger partial charge in [0.25, 0.3) is 0 Å². The second-order valence-electron chi connectivity index (χ2n) is 5.80. The molecule has 3 rings (SSSR count). The van der Waals surface area contributed by atoms with Crippen LogP contribution in [0, 0.1) is 0 Å². The van der Waals surface area contributed by atoms with E-state index in [1.165, 1.54) is 23.1 Å². The first-order chi connectivity index (χ1) is 13.0. The van der Waals surface area contributed by atoms with E-state index in [0.29, 0.717) is 17.1 Å². The molecule has 0 aliphatic heterocycles. The Morgan fingerprint density at radius 2 is 1.78 bits per heavy atom. The van der Waals surface area contributed by atoms with Gasteiger partial charge in [-0.3, -0.25) is 9.59 Å². The molecule has 0 aliphatic carbocycles. The summed E-state index contributed by atoms with van der Waals surface area (Å²) < 4.78 is 1.79. The maximum absolute atomic E-state index is 12.1. The number of rotatable bonds is 7. The molecular formula is C19H18ClN3O2S2. The van der Waals surface area contributed by atoms with E-state index in [1.807, 2.05) is 25.1 Å². The zero-order valence-corrected chi connectivity index (χ0v) is 17.0. The second-order valence-corrected chi connectivity index (χ2v) is 8.49. The standard InChI is InChI=1S/C19H18ClN3O2S2/c1-2-3-17(24)22-14-8-9-15-16(10-14)27-19(23-15)26-11-18(25)21-13-6-4-12(20)5-7-13/h4-10H,2-3,11H2,1H3,(H,21,25)(H,22,24). The Kier molecular flexibility index (Phi) is 6.71. The minimum Gasteiger partial charge on any atom is -0.326 e. The first-order valence-electron chi connectivity index (χ1n) is 8.42. The highest BCUT2D eigenvalue weighted by Gasteiger charge is 2.10. The fourth-order valence-corrected chi connectivity index (χ4v) is 4.38. The van der Waals surface area contributed by atoms with Gasteiger partial charge in [-0.25, -0.2) is 4.98 Å². The van der Waals surface area contributed by atoms with Gasteiger partial charge < -0.3 is 10.6 Å². The van der Waals surface area contributed by atoms with Crippen molar-refractivity contribution in [3.05, 3.63) is 47.5 Å². The van der Waals surface area contributed by atoms with Crippen molar-refractivity contribution < 1.29 is 9.59 Å². The molecule has 27 heavy (non-hydrogen) atoms. The van der Waals surface area contributed by atoms with Gasteiger partial charge in [-0.1, -0.05) is 30.3 Å². The normalized spacial score (nSPS) is 10.7. The largest absolute Gasteiger partial charge is 0.326 e. The number of anilines is 2. The monoisotopic (exact) mass is 419 g/mol. The van der Waals surface area contributed by atoms with Crippen molar-refractivity contribution in [1.82, 2.24) is 4.98 Å². The number of carbonyl (C=O) groups is 2. The highest BCUT2D eigenvalue weighted by molar-refractivity contribution is 8.01. The van der Waals surface area contributed by atoms with E-state index in [1.54, 1.807) is 24.3 Å². The fourth-order valence-electron chi connectivity index (χ4n) is 2.35. The second kappa shape index (κ2) is 9.21. The molecule has 0 atom stereocenters. The number of nitrogens with zero attached hydrogens (tertiary/aromatic N) is 1. The van der Waals surface area contributed by atoms with Crippen LogP contribution in [0.5, 0.6) is 0 Å². The van der Waals surface area contributed by atoms with Crippen molar-refractivity contribution in [3.63, 3.8) is 0 Å². The lowest BCUT2D eigenvalue weighted by Crippen LogP contribution is -2.13. The van der Waals surface area contributed by atoms with Gasteiger partial charge in [0.05, 0.1) is 16.0 Å². The van der Waals surface area contributed by atoms with Gasteiger partial charge >= 0.3 is 0 Å². The number of amides is 2. The predicted octanol–water partition coefficient (Wildman–Crippen LogP) is 5.42. The van der Waals surface area contributed by atoms with Crippen molar-refractivity contribution in [3.8, 4) is 0 Å². The number of fused-ring (bicyclic) bond motifs is 1. The molecule has 0 saturated heterocycles. The zero-order chi connectivity index (χ0) is 19.2. The number of hydrogen-bond donors (Lipinski definition) is 2. The van der Waals surface area contributed by atoms with Crippen LogP contribution < -0.4 is 10.6 Å². The molecule has 0 unspecified atom stereocenters. The highest BCUT2D eigenvalue weighted by Crippen LogP contribution is 2.31. The van der Waals surface area contributed by atoms with Crippen molar-refractivity contribution >= 4 is 68.1 Å². The molecule has 0 fully saturated rings. The molecule has 140 valence electrons. The number of carbonyl (C=O) groups excluding carboxylic acids is 2. The van der Waals surface area contributed by atoms with E-state index in [4.69, 9.17) is 11.6 Å². The fraction of sp³-hybridized carbons (Fsp3) is 0.211. The van der Waals surface area contributed by atoms with Gasteiger partial charge in [0.15, 0.2) is 4.34 Å².